The van der Waals surface area contributed by atoms with Crippen molar-refractivity contribution in [3.05, 3.63) is 64.9 Å². The molecule has 0 saturated carbocycles. The minimum Gasteiger partial charge on any atom is -0.386 e. The van der Waals surface area contributed by atoms with Crippen molar-refractivity contribution in [3.8, 4) is 0 Å². The number of benzene rings is 1. The second kappa shape index (κ2) is 6.50. The number of aromatic nitrogens is 1. The lowest BCUT2D eigenvalue weighted by Gasteiger charge is -2.11. The SMILES string of the molecule is OC(COCc1cccnc1)c1cccc(Cl)c1. The normalized spacial score (nSPS) is 12.3. The van der Waals surface area contributed by atoms with Crippen LogP contribution in [0.1, 0.15) is 17.2 Å². The Labute approximate surface area is 111 Å². The number of hydrogen-bond donors (Lipinski definition) is 1. The molecule has 94 valence electrons. The summed E-state index contributed by atoms with van der Waals surface area (Å²) in [5.41, 5.74) is 1.74. The third-order valence-electron chi connectivity index (χ3n) is 2.50. The molecule has 0 spiro atoms. The summed E-state index contributed by atoms with van der Waals surface area (Å²) in [7, 11) is 0. The van der Waals surface area contributed by atoms with Crippen molar-refractivity contribution >= 4 is 11.6 Å². The van der Waals surface area contributed by atoms with Gasteiger partial charge in [0, 0.05) is 17.4 Å². The lowest BCUT2D eigenvalue weighted by Crippen LogP contribution is -2.07. The minimum atomic E-state index is -0.666. The van der Waals surface area contributed by atoms with Crippen LogP contribution in [0, 0.1) is 0 Å². The van der Waals surface area contributed by atoms with E-state index in [1.807, 2.05) is 24.3 Å². The molecule has 0 bridgehead atoms. The van der Waals surface area contributed by atoms with E-state index in [4.69, 9.17) is 16.3 Å². The molecule has 1 heterocycles. The molecule has 1 atom stereocenters. The Bertz CT molecular complexity index is 490. The van der Waals surface area contributed by atoms with Crippen LogP contribution in [0.3, 0.4) is 0 Å². The lowest BCUT2D eigenvalue weighted by molar-refractivity contribution is 0.0276. The van der Waals surface area contributed by atoms with Gasteiger partial charge in [0.2, 0.25) is 0 Å². The van der Waals surface area contributed by atoms with Crippen molar-refractivity contribution in [1.29, 1.82) is 0 Å². The van der Waals surface area contributed by atoms with Crippen LogP contribution in [0.25, 0.3) is 0 Å². The van der Waals surface area contributed by atoms with Gasteiger partial charge in [0.15, 0.2) is 0 Å². The van der Waals surface area contributed by atoms with Gasteiger partial charge < -0.3 is 9.84 Å². The number of aliphatic hydroxyl groups excluding tert-OH is 1. The van der Waals surface area contributed by atoms with Gasteiger partial charge in [0.1, 0.15) is 6.10 Å². The van der Waals surface area contributed by atoms with Gasteiger partial charge in [-0.2, -0.15) is 0 Å². The number of pyridine rings is 1. The molecule has 3 nitrogen and oxygen atoms in total. The van der Waals surface area contributed by atoms with Crippen LogP contribution in [-0.2, 0) is 11.3 Å². The third kappa shape index (κ3) is 3.81. The quantitative estimate of drug-likeness (QED) is 0.902. The van der Waals surface area contributed by atoms with Gasteiger partial charge in [-0.05, 0) is 29.3 Å². The van der Waals surface area contributed by atoms with Gasteiger partial charge in [-0.1, -0.05) is 29.8 Å². The third-order valence-corrected chi connectivity index (χ3v) is 2.74. The fourth-order valence-corrected chi connectivity index (χ4v) is 1.78. The molecule has 1 aromatic heterocycles. The first-order valence-electron chi connectivity index (χ1n) is 5.66. The van der Waals surface area contributed by atoms with E-state index in [0.29, 0.717) is 11.6 Å². The van der Waals surface area contributed by atoms with E-state index in [1.54, 1.807) is 24.5 Å². The van der Waals surface area contributed by atoms with Crippen LogP contribution in [0.5, 0.6) is 0 Å². The van der Waals surface area contributed by atoms with E-state index >= 15 is 0 Å². The van der Waals surface area contributed by atoms with Gasteiger partial charge in [-0.15, -0.1) is 0 Å². The van der Waals surface area contributed by atoms with E-state index in [9.17, 15) is 5.11 Å². The number of nitrogens with zero attached hydrogens (tertiary/aromatic N) is 1. The number of halogens is 1. The summed E-state index contributed by atoms with van der Waals surface area (Å²) < 4.78 is 5.44. The summed E-state index contributed by atoms with van der Waals surface area (Å²) in [5, 5.41) is 10.5. The van der Waals surface area contributed by atoms with E-state index in [2.05, 4.69) is 4.98 Å². The first-order valence-corrected chi connectivity index (χ1v) is 6.03. The Morgan fingerprint density at radius 1 is 1.28 bits per heavy atom. The first-order chi connectivity index (χ1) is 8.75. The Hall–Kier alpha value is -1.42. The number of ether oxygens (including phenoxy) is 1. The number of rotatable bonds is 5. The molecule has 0 aliphatic heterocycles. The Morgan fingerprint density at radius 2 is 2.17 bits per heavy atom. The molecule has 0 saturated heterocycles. The van der Waals surface area contributed by atoms with Crippen LogP contribution >= 0.6 is 11.6 Å². The van der Waals surface area contributed by atoms with Gasteiger partial charge in [-0.3, -0.25) is 4.98 Å². The highest BCUT2D eigenvalue weighted by molar-refractivity contribution is 6.30. The predicted octanol–water partition coefficient (Wildman–Crippen LogP) is 2.99. The summed E-state index contributed by atoms with van der Waals surface area (Å²) in [4.78, 5) is 3.99. The van der Waals surface area contributed by atoms with Crippen LogP contribution in [0.15, 0.2) is 48.8 Å². The molecule has 1 unspecified atom stereocenters. The average Bonchev–Trinajstić information content (AvgIpc) is 2.40. The Morgan fingerprint density at radius 3 is 2.89 bits per heavy atom. The Kier molecular flexibility index (Phi) is 4.70. The van der Waals surface area contributed by atoms with Crippen molar-refractivity contribution in [2.45, 2.75) is 12.7 Å². The van der Waals surface area contributed by atoms with Crippen molar-refractivity contribution < 1.29 is 9.84 Å². The van der Waals surface area contributed by atoms with Crippen LogP contribution in [-0.4, -0.2) is 16.7 Å². The first kappa shape index (κ1) is 13.0. The molecule has 0 aliphatic rings. The monoisotopic (exact) mass is 263 g/mol. The van der Waals surface area contributed by atoms with Crippen molar-refractivity contribution in [2.75, 3.05) is 6.61 Å². The van der Waals surface area contributed by atoms with Crippen LogP contribution in [0.2, 0.25) is 5.02 Å². The van der Waals surface area contributed by atoms with E-state index in [0.717, 1.165) is 11.1 Å². The van der Waals surface area contributed by atoms with Gasteiger partial charge in [0.25, 0.3) is 0 Å². The highest BCUT2D eigenvalue weighted by Crippen LogP contribution is 2.18. The molecular weight excluding hydrogens is 250 g/mol. The van der Waals surface area contributed by atoms with Crippen molar-refractivity contribution in [2.24, 2.45) is 0 Å². The fourth-order valence-electron chi connectivity index (χ4n) is 1.58. The van der Waals surface area contributed by atoms with E-state index in [1.165, 1.54) is 0 Å². The molecule has 2 aromatic rings. The average molecular weight is 264 g/mol. The second-order valence-corrected chi connectivity index (χ2v) is 4.38. The van der Waals surface area contributed by atoms with Crippen LogP contribution < -0.4 is 0 Å². The maximum Gasteiger partial charge on any atom is 0.102 e. The highest BCUT2D eigenvalue weighted by atomic mass is 35.5. The molecular formula is C14H14ClNO2. The zero-order valence-corrected chi connectivity index (χ0v) is 10.5. The maximum absolute atomic E-state index is 9.92. The molecule has 1 aromatic carbocycles. The smallest absolute Gasteiger partial charge is 0.102 e. The van der Waals surface area contributed by atoms with E-state index in [-0.39, 0.29) is 6.61 Å². The second-order valence-electron chi connectivity index (χ2n) is 3.95. The maximum atomic E-state index is 9.92. The molecule has 0 radical (unpaired) electrons. The standard InChI is InChI=1S/C14H14ClNO2/c15-13-5-1-4-12(7-13)14(17)10-18-9-11-3-2-6-16-8-11/h1-8,14,17H,9-10H2. The highest BCUT2D eigenvalue weighted by Gasteiger charge is 2.07. The predicted molar refractivity (Wildman–Crippen MR) is 70.3 cm³/mol. The summed E-state index contributed by atoms with van der Waals surface area (Å²) >= 11 is 5.86. The molecule has 18 heavy (non-hydrogen) atoms. The largest absolute Gasteiger partial charge is 0.386 e. The molecule has 0 fully saturated rings. The Balaban J connectivity index is 1.83. The zero-order chi connectivity index (χ0) is 12.8. The molecule has 2 rings (SSSR count). The van der Waals surface area contributed by atoms with Gasteiger partial charge in [0.05, 0.1) is 13.2 Å². The van der Waals surface area contributed by atoms with Crippen molar-refractivity contribution in [3.63, 3.8) is 0 Å². The fraction of sp³-hybridized carbons (Fsp3) is 0.214. The zero-order valence-electron chi connectivity index (χ0n) is 9.79. The molecule has 0 aliphatic carbocycles. The number of hydrogen-bond acceptors (Lipinski definition) is 3. The summed E-state index contributed by atoms with van der Waals surface area (Å²) in [6.45, 7) is 0.667. The molecule has 4 heteroatoms. The lowest BCUT2D eigenvalue weighted by atomic mass is 10.1. The molecule has 0 amide bonds. The molecule has 1 N–H and O–H groups in total. The van der Waals surface area contributed by atoms with Crippen LogP contribution in [0.4, 0.5) is 0 Å². The minimum absolute atomic E-state index is 0.231. The van der Waals surface area contributed by atoms with Gasteiger partial charge in [-0.25, -0.2) is 0 Å². The van der Waals surface area contributed by atoms with Crippen molar-refractivity contribution in [1.82, 2.24) is 4.98 Å². The van der Waals surface area contributed by atoms with E-state index < -0.39 is 6.10 Å². The summed E-state index contributed by atoms with van der Waals surface area (Å²) in [6, 6.07) is 10.9. The number of aliphatic hydroxyl groups is 1. The summed E-state index contributed by atoms with van der Waals surface area (Å²) in [5.74, 6) is 0. The van der Waals surface area contributed by atoms with Gasteiger partial charge >= 0.3 is 0 Å². The summed E-state index contributed by atoms with van der Waals surface area (Å²) in [6.07, 6.45) is 2.79. The topological polar surface area (TPSA) is 42.4 Å².